The summed E-state index contributed by atoms with van der Waals surface area (Å²) >= 11 is 28.1. The zero-order valence-corrected chi connectivity index (χ0v) is 26.0. The highest BCUT2D eigenvalue weighted by Crippen LogP contribution is 2.61. The summed E-state index contributed by atoms with van der Waals surface area (Å²) in [4.78, 5) is 37.1. The first-order valence-corrected chi connectivity index (χ1v) is 17.1. The number of anilines is 1. The van der Waals surface area contributed by atoms with Gasteiger partial charge in [-0.05, 0) is 69.0 Å². The number of para-hydroxylation sites is 1. The summed E-state index contributed by atoms with van der Waals surface area (Å²) in [6.45, 7) is 3.98. The normalized spacial score (nSPS) is 10.0. The molecule has 0 spiro atoms. The smallest absolute Gasteiger partial charge is 0.339 e. The highest BCUT2D eigenvalue weighted by Gasteiger charge is 2.03. The van der Waals surface area contributed by atoms with Gasteiger partial charge in [-0.15, -0.1) is 23.5 Å². The summed E-state index contributed by atoms with van der Waals surface area (Å²) < 4.78 is 9.51. The minimum absolute atomic E-state index is 0.190. The lowest BCUT2D eigenvalue weighted by Crippen LogP contribution is -2.22. The highest BCUT2D eigenvalue weighted by molar-refractivity contribution is 8.24. The largest absolute Gasteiger partial charge is 0.378 e. The Morgan fingerprint density at radius 1 is 0.972 bits per heavy atom. The van der Waals surface area contributed by atoms with Crippen LogP contribution in [0.15, 0.2) is 62.1 Å². The van der Waals surface area contributed by atoms with E-state index < -0.39 is 10.9 Å². The molecule has 2 N–H and O–H groups in total. The van der Waals surface area contributed by atoms with E-state index in [2.05, 4.69) is 70.7 Å². The molecule has 0 unspecified atom stereocenters. The van der Waals surface area contributed by atoms with Crippen molar-refractivity contribution >= 4 is 91.3 Å². The van der Waals surface area contributed by atoms with Gasteiger partial charge in [0, 0.05) is 32.2 Å². The van der Waals surface area contributed by atoms with Crippen LogP contribution >= 0.6 is 85.6 Å². The van der Waals surface area contributed by atoms with Crippen LogP contribution < -0.4 is 16.1 Å². The Hall–Kier alpha value is -0.840. The molecule has 16 heteroatoms. The van der Waals surface area contributed by atoms with E-state index in [0.29, 0.717) is 10.0 Å². The number of thioether (sulfide) groups is 2. The van der Waals surface area contributed by atoms with Crippen molar-refractivity contribution < 1.29 is 4.57 Å². The summed E-state index contributed by atoms with van der Waals surface area (Å²) in [5, 5.41) is -2.60. The number of rotatable bonds is 5. The Morgan fingerprint density at radius 3 is 1.92 bits per heavy atom. The van der Waals surface area contributed by atoms with Gasteiger partial charge in [-0.2, -0.15) is 0 Å². The maximum absolute atomic E-state index is 10.9. The molecule has 0 aliphatic carbocycles. The Kier molecular flexibility index (Phi) is 18.8. The minimum Gasteiger partial charge on any atom is -0.378 e. The van der Waals surface area contributed by atoms with E-state index in [0.717, 1.165) is 16.4 Å². The molecule has 2 aromatic heterocycles. The number of benzene rings is 1. The fourth-order valence-electron chi connectivity index (χ4n) is 1.97. The summed E-state index contributed by atoms with van der Waals surface area (Å²) in [5.74, 6) is 1.76. The molecule has 8 nitrogen and oxygen atoms in total. The zero-order valence-electron chi connectivity index (χ0n) is 19.7. The maximum Gasteiger partial charge on any atom is 0.339 e. The fraction of sp³-hybridized carbons (Fsp3) is 0.300. The summed E-state index contributed by atoms with van der Waals surface area (Å²) in [6.07, 6.45) is 3.06. The molecule has 0 aliphatic heterocycles. The molecular formula is C20H25Cl5N5O3PS2. The van der Waals surface area contributed by atoms with E-state index >= 15 is 0 Å². The average molecular weight is 656 g/mol. The number of H-pyrrole nitrogens is 2. The van der Waals surface area contributed by atoms with Crippen molar-refractivity contribution in [3.63, 3.8) is 0 Å². The van der Waals surface area contributed by atoms with Crippen LogP contribution in [0.25, 0.3) is 0 Å². The van der Waals surface area contributed by atoms with E-state index in [9.17, 15) is 14.2 Å². The van der Waals surface area contributed by atoms with Gasteiger partial charge in [0.25, 0.3) is 5.56 Å². The van der Waals surface area contributed by atoms with Crippen molar-refractivity contribution in [1.29, 1.82) is 0 Å². The van der Waals surface area contributed by atoms with Gasteiger partial charge in [-0.25, -0.2) is 14.8 Å². The van der Waals surface area contributed by atoms with Crippen LogP contribution in [0.2, 0.25) is 10.4 Å². The molecule has 0 fully saturated rings. The van der Waals surface area contributed by atoms with Crippen molar-refractivity contribution in [3.05, 3.63) is 74.0 Å². The first-order chi connectivity index (χ1) is 16.8. The van der Waals surface area contributed by atoms with Crippen molar-refractivity contribution in [2.45, 2.75) is 23.6 Å². The van der Waals surface area contributed by atoms with Gasteiger partial charge in [-0.1, -0.05) is 43.6 Å². The topological polar surface area (TPSA) is 112 Å². The van der Waals surface area contributed by atoms with Crippen LogP contribution in [-0.2, 0) is 4.57 Å². The quantitative estimate of drug-likeness (QED) is 0.125. The van der Waals surface area contributed by atoms with Crippen molar-refractivity contribution in [1.82, 2.24) is 19.9 Å². The molecule has 0 amide bonds. The van der Waals surface area contributed by atoms with Gasteiger partial charge >= 0.3 is 10.9 Å². The van der Waals surface area contributed by atoms with Crippen LogP contribution in [0.4, 0.5) is 5.69 Å². The SMILES string of the molecule is CCSc1c[nH]c(=O)[nH]c1=O.CCSc1cnc(Cl)nc1Cl.CN(C)c1ccccc1.O=P(Cl)(Cl)Cl. The molecule has 0 radical (unpaired) electrons. The third kappa shape index (κ3) is 18.4. The summed E-state index contributed by atoms with van der Waals surface area (Å²) in [7, 11) is 4.07. The van der Waals surface area contributed by atoms with Crippen molar-refractivity contribution in [2.75, 3.05) is 30.5 Å². The van der Waals surface area contributed by atoms with E-state index in [1.54, 1.807) is 18.0 Å². The second-order valence-corrected chi connectivity index (χ2v) is 16.2. The lowest BCUT2D eigenvalue weighted by Gasteiger charge is -2.10. The van der Waals surface area contributed by atoms with Crippen LogP contribution in [0.1, 0.15) is 13.8 Å². The van der Waals surface area contributed by atoms with Gasteiger partial charge in [0.15, 0.2) is 0 Å². The maximum atomic E-state index is 10.9. The molecular weight excluding hydrogens is 631 g/mol. The van der Waals surface area contributed by atoms with Gasteiger partial charge < -0.3 is 9.88 Å². The Bertz CT molecular complexity index is 1190. The van der Waals surface area contributed by atoms with Gasteiger partial charge in [0.1, 0.15) is 5.15 Å². The monoisotopic (exact) mass is 653 g/mol. The molecule has 3 aromatic rings. The molecule has 36 heavy (non-hydrogen) atoms. The van der Waals surface area contributed by atoms with Gasteiger partial charge in [0.2, 0.25) is 5.28 Å². The van der Waals surface area contributed by atoms with Crippen molar-refractivity contribution in [2.24, 2.45) is 0 Å². The molecule has 0 saturated carbocycles. The standard InChI is InChI=1S/C8H11N.C6H6Cl2N2S.C6H8N2O2S.Cl3OP/c1-9(2)8-6-4-3-5-7-8;1-2-11-4-3-9-6(8)10-5(4)7;1-2-11-4-3-7-6(10)8-5(4)9;1-5(2,3)4/h3-7H,1-2H3;3H,2H2,1H3;3H,2H2,1H3,(H2,7,8,9,10);. The molecule has 0 aliphatic rings. The molecule has 0 bridgehead atoms. The van der Waals surface area contributed by atoms with Crippen LogP contribution in [0, 0.1) is 0 Å². The zero-order chi connectivity index (χ0) is 27.7. The molecule has 2 heterocycles. The van der Waals surface area contributed by atoms with E-state index in [4.69, 9.17) is 23.2 Å². The van der Waals surface area contributed by atoms with Crippen molar-refractivity contribution in [3.8, 4) is 0 Å². The number of halogens is 5. The van der Waals surface area contributed by atoms with Gasteiger partial charge in [-0.3, -0.25) is 14.3 Å². The average Bonchev–Trinajstić information content (AvgIpc) is 2.78. The Morgan fingerprint density at radius 2 is 1.50 bits per heavy atom. The lowest BCUT2D eigenvalue weighted by atomic mass is 10.3. The lowest BCUT2D eigenvalue weighted by molar-refractivity contribution is 0.600. The van der Waals surface area contributed by atoms with Crippen LogP contribution in [-0.4, -0.2) is 45.5 Å². The number of hydrogen-bond acceptors (Lipinski definition) is 8. The van der Waals surface area contributed by atoms with Crippen LogP contribution in [0.3, 0.4) is 0 Å². The van der Waals surface area contributed by atoms with E-state index in [1.807, 2.05) is 46.1 Å². The number of hydrogen-bond donors (Lipinski definition) is 2. The molecule has 1 aromatic carbocycles. The van der Waals surface area contributed by atoms with Crippen LogP contribution in [0.5, 0.6) is 0 Å². The molecule has 3 rings (SSSR count). The molecule has 200 valence electrons. The Labute approximate surface area is 242 Å². The third-order valence-electron chi connectivity index (χ3n) is 3.34. The second-order valence-electron chi connectivity index (χ2n) is 6.22. The van der Waals surface area contributed by atoms with E-state index in [1.165, 1.54) is 23.6 Å². The van der Waals surface area contributed by atoms with E-state index in [-0.39, 0.29) is 10.8 Å². The first kappa shape index (κ1) is 35.2. The predicted molar refractivity (Wildman–Crippen MR) is 158 cm³/mol. The number of nitrogens with zero attached hydrogens (tertiary/aromatic N) is 3. The molecule has 0 atom stereocenters. The molecule has 0 saturated heterocycles. The minimum atomic E-state index is -3.22. The van der Waals surface area contributed by atoms with Gasteiger partial charge in [0.05, 0.1) is 9.79 Å². The highest BCUT2D eigenvalue weighted by atomic mass is 36.0. The predicted octanol–water partition coefficient (Wildman–Crippen LogP) is 7.63. The number of nitrogens with one attached hydrogen (secondary N) is 2. The Balaban J connectivity index is 0.000000470. The fourth-order valence-corrected chi connectivity index (χ4v) is 3.68. The third-order valence-corrected chi connectivity index (χ3v) is 5.72. The first-order valence-electron chi connectivity index (χ1n) is 9.95. The summed E-state index contributed by atoms with van der Waals surface area (Å²) in [6, 6.07) is 10.3. The second kappa shape index (κ2) is 19.3. The number of aromatic nitrogens is 4. The number of aromatic amines is 2. The summed E-state index contributed by atoms with van der Waals surface area (Å²) in [5.41, 5.74) is 0.466.